The van der Waals surface area contributed by atoms with E-state index in [2.05, 4.69) is 21.2 Å². The van der Waals surface area contributed by atoms with Crippen LogP contribution in [0.2, 0.25) is 0 Å². The summed E-state index contributed by atoms with van der Waals surface area (Å²) in [6.07, 6.45) is 0. The van der Waals surface area contributed by atoms with Crippen molar-refractivity contribution in [1.29, 1.82) is 0 Å². The molecule has 0 aliphatic heterocycles. The van der Waals surface area contributed by atoms with E-state index in [9.17, 15) is 0 Å². The highest BCUT2D eigenvalue weighted by molar-refractivity contribution is 6.35. The number of benzene rings is 1. The van der Waals surface area contributed by atoms with E-state index in [0.29, 0.717) is 0 Å². The summed E-state index contributed by atoms with van der Waals surface area (Å²) in [7, 11) is 7.56. The van der Waals surface area contributed by atoms with Crippen LogP contribution in [-0.2, 0) is 0 Å². The monoisotopic (exact) mass is 148 g/mol. The maximum atomic E-state index is 3.50. The number of nitrogens with zero attached hydrogens (tertiary/aromatic N) is 1. The minimum absolute atomic E-state index is 1.13. The summed E-state index contributed by atoms with van der Waals surface area (Å²) in [5, 5.41) is 1.13. The largest absolute Gasteiger partial charge is 0.378 e. The van der Waals surface area contributed by atoms with Crippen LogP contribution in [0, 0.1) is 0 Å². The van der Waals surface area contributed by atoms with Crippen LogP contribution in [0.1, 0.15) is 0 Å². The molecule has 10 heavy (non-hydrogen) atoms. The molecule has 0 heterocycles. The molecule has 2 heteroatoms. The molecule has 1 rings (SSSR count). The van der Waals surface area contributed by atoms with Gasteiger partial charge in [-0.1, -0.05) is 18.2 Å². The summed E-state index contributed by atoms with van der Waals surface area (Å²) >= 11 is 0. The molecule has 0 atom stereocenters. The number of para-hydroxylation sites is 1. The number of anilines is 1. The number of rotatable bonds is 1. The highest BCUT2D eigenvalue weighted by Crippen LogP contribution is 2.03. The fraction of sp³-hybridized carbons (Fsp3) is 0.250. The van der Waals surface area contributed by atoms with E-state index in [1.807, 2.05) is 32.3 Å². The van der Waals surface area contributed by atoms with Crippen molar-refractivity contribution in [3.63, 3.8) is 0 Å². The summed E-state index contributed by atoms with van der Waals surface area (Å²) in [5.74, 6) is 0. The maximum Gasteiger partial charge on any atom is 0.0741 e. The lowest BCUT2D eigenvalue weighted by atomic mass is 10.3. The van der Waals surface area contributed by atoms with Crippen molar-refractivity contribution in [1.82, 2.24) is 0 Å². The van der Waals surface area contributed by atoms with Crippen molar-refractivity contribution in [2.75, 3.05) is 19.0 Å². The van der Waals surface area contributed by atoms with Gasteiger partial charge in [0.15, 0.2) is 0 Å². The third-order valence-electron chi connectivity index (χ3n) is 1.39. The third-order valence-corrected chi connectivity index (χ3v) is 1.81. The average molecular weight is 148 g/mol. The number of hydrogen-bond acceptors (Lipinski definition) is 1. The number of hydrogen-bond donors (Lipinski definition) is 0. The lowest BCUT2D eigenvalue weighted by molar-refractivity contribution is 1.14. The van der Waals surface area contributed by atoms with Gasteiger partial charge in [0.25, 0.3) is 0 Å². The molecule has 0 fully saturated rings. The molecule has 0 bridgehead atoms. The first-order chi connectivity index (χ1) is 4.72. The lowest BCUT2D eigenvalue weighted by Gasteiger charge is -2.14. The van der Waals surface area contributed by atoms with Crippen molar-refractivity contribution in [3.05, 3.63) is 24.3 Å². The van der Waals surface area contributed by atoms with Gasteiger partial charge in [0.2, 0.25) is 0 Å². The fourth-order valence-corrected chi connectivity index (χ4v) is 1.27. The van der Waals surface area contributed by atoms with E-state index in [1.165, 1.54) is 5.69 Å². The standard InChI is InChI=1S/C8H10NSi/c1-9(2)7-5-3-4-6-8(7)10/h3-6H,1-2H3. The fourth-order valence-electron chi connectivity index (χ4n) is 0.864. The molecule has 3 radical (unpaired) electrons. The van der Waals surface area contributed by atoms with E-state index in [-0.39, 0.29) is 0 Å². The van der Waals surface area contributed by atoms with Gasteiger partial charge in [0.1, 0.15) is 0 Å². The van der Waals surface area contributed by atoms with Crippen molar-refractivity contribution < 1.29 is 0 Å². The van der Waals surface area contributed by atoms with Crippen LogP contribution in [0.15, 0.2) is 24.3 Å². The zero-order chi connectivity index (χ0) is 7.56. The second-order valence-electron chi connectivity index (χ2n) is 2.41. The Labute approximate surface area is 65.1 Å². The summed E-state index contributed by atoms with van der Waals surface area (Å²) in [6, 6.07) is 8.14. The molecule has 0 aromatic heterocycles. The molecule has 0 N–H and O–H groups in total. The predicted octanol–water partition coefficient (Wildman–Crippen LogP) is 0.546. The molecule has 0 saturated heterocycles. The van der Waals surface area contributed by atoms with Gasteiger partial charge >= 0.3 is 0 Å². The van der Waals surface area contributed by atoms with Crippen LogP contribution in [0.3, 0.4) is 0 Å². The first-order valence-electron chi connectivity index (χ1n) is 3.20. The topological polar surface area (TPSA) is 3.24 Å². The zero-order valence-corrected chi connectivity index (χ0v) is 7.26. The van der Waals surface area contributed by atoms with Crippen LogP contribution in [0.4, 0.5) is 5.69 Å². The van der Waals surface area contributed by atoms with Gasteiger partial charge in [-0.2, -0.15) is 0 Å². The first kappa shape index (κ1) is 7.35. The van der Waals surface area contributed by atoms with Gasteiger partial charge in [0.05, 0.1) is 10.2 Å². The summed E-state index contributed by atoms with van der Waals surface area (Å²) < 4.78 is 0. The summed E-state index contributed by atoms with van der Waals surface area (Å²) in [6.45, 7) is 0. The van der Waals surface area contributed by atoms with Gasteiger partial charge in [-0.15, -0.1) is 0 Å². The van der Waals surface area contributed by atoms with Gasteiger partial charge in [-0.05, 0) is 11.3 Å². The molecular weight excluding hydrogens is 138 g/mol. The Bertz CT molecular complexity index is 220. The molecule has 0 amide bonds. The quantitative estimate of drug-likeness (QED) is 0.526. The Morgan fingerprint density at radius 3 is 2.20 bits per heavy atom. The van der Waals surface area contributed by atoms with Crippen LogP contribution < -0.4 is 10.1 Å². The first-order valence-corrected chi connectivity index (χ1v) is 3.70. The SMILES string of the molecule is CN(C)c1ccccc1[Si]. The van der Waals surface area contributed by atoms with Crippen LogP contribution in [0.25, 0.3) is 0 Å². The van der Waals surface area contributed by atoms with Crippen LogP contribution in [-0.4, -0.2) is 24.3 Å². The van der Waals surface area contributed by atoms with E-state index < -0.39 is 0 Å². The lowest BCUT2D eigenvalue weighted by Crippen LogP contribution is -2.18. The molecule has 0 saturated carbocycles. The molecule has 0 aliphatic carbocycles. The van der Waals surface area contributed by atoms with Crippen molar-refractivity contribution in [2.45, 2.75) is 0 Å². The predicted molar refractivity (Wildman–Crippen MR) is 46.2 cm³/mol. The molecule has 0 aliphatic rings. The van der Waals surface area contributed by atoms with Gasteiger partial charge in [-0.3, -0.25) is 0 Å². The zero-order valence-electron chi connectivity index (χ0n) is 6.26. The van der Waals surface area contributed by atoms with Crippen LogP contribution >= 0.6 is 0 Å². The minimum Gasteiger partial charge on any atom is -0.378 e. The molecule has 1 nitrogen and oxygen atoms in total. The van der Waals surface area contributed by atoms with E-state index in [1.54, 1.807) is 0 Å². The van der Waals surface area contributed by atoms with E-state index >= 15 is 0 Å². The highest BCUT2D eigenvalue weighted by Gasteiger charge is 1.95. The molecule has 51 valence electrons. The third kappa shape index (κ3) is 1.39. The summed E-state index contributed by atoms with van der Waals surface area (Å²) in [4.78, 5) is 2.07. The molecular formula is C8H10NSi. The van der Waals surface area contributed by atoms with E-state index in [4.69, 9.17) is 0 Å². The van der Waals surface area contributed by atoms with Gasteiger partial charge < -0.3 is 4.90 Å². The molecule has 0 spiro atoms. The van der Waals surface area contributed by atoms with Crippen molar-refractivity contribution in [2.24, 2.45) is 0 Å². The Kier molecular flexibility index (Phi) is 2.12. The Morgan fingerprint density at radius 1 is 1.20 bits per heavy atom. The molecule has 1 aromatic carbocycles. The Hall–Kier alpha value is -0.763. The Morgan fingerprint density at radius 2 is 1.80 bits per heavy atom. The van der Waals surface area contributed by atoms with Crippen LogP contribution in [0.5, 0.6) is 0 Å². The second-order valence-corrected chi connectivity index (χ2v) is 2.95. The van der Waals surface area contributed by atoms with Crippen molar-refractivity contribution in [3.8, 4) is 0 Å². The van der Waals surface area contributed by atoms with Gasteiger partial charge in [0, 0.05) is 19.8 Å². The smallest absolute Gasteiger partial charge is 0.0741 e. The second kappa shape index (κ2) is 2.88. The molecule has 1 aromatic rings. The Balaban J connectivity index is 3.03. The average Bonchev–Trinajstić information content (AvgIpc) is 1.88. The van der Waals surface area contributed by atoms with Gasteiger partial charge in [-0.25, -0.2) is 0 Å². The summed E-state index contributed by atoms with van der Waals surface area (Å²) in [5.41, 5.74) is 1.21. The normalized spacial score (nSPS) is 9.50. The molecule has 0 unspecified atom stereocenters. The van der Waals surface area contributed by atoms with Crippen molar-refractivity contribution >= 4 is 21.1 Å². The highest BCUT2D eigenvalue weighted by atomic mass is 28.1. The maximum absolute atomic E-state index is 3.50. The minimum atomic E-state index is 1.13. The van der Waals surface area contributed by atoms with E-state index in [0.717, 1.165) is 5.19 Å².